The van der Waals surface area contributed by atoms with E-state index in [2.05, 4.69) is 62.4 Å². The molecule has 2 fully saturated rings. The molecule has 2 aromatic carbocycles. The molecular formula is C31H44O2. The van der Waals surface area contributed by atoms with Crippen molar-refractivity contribution in [2.45, 2.75) is 103 Å². The van der Waals surface area contributed by atoms with Crippen LogP contribution in [0.5, 0.6) is 0 Å². The lowest BCUT2D eigenvalue weighted by atomic mass is 9.77. The monoisotopic (exact) mass is 448 g/mol. The highest BCUT2D eigenvalue weighted by Gasteiger charge is 2.24. The van der Waals surface area contributed by atoms with Crippen LogP contribution in [-0.2, 0) is 9.47 Å². The predicted octanol–water partition coefficient (Wildman–Crippen LogP) is 8.85. The molecule has 2 aliphatic rings. The molecule has 4 rings (SSSR count). The summed E-state index contributed by atoms with van der Waals surface area (Å²) in [5.74, 6) is 1.73. The molecule has 1 heterocycles. The van der Waals surface area contributed by atoms with Gasteiger partial charge in [0.2, 0.25) is 0 Å². The Morgan fingerprint density at radius 1 is 0.636 bits per heavy atom. The van der Waals surface area contributed by atoms with Crippen LogP contribution in [0.1, 0.15) is 108 Å². The molecule has 0 bridgehead atoms. The van der Waals surface area contributed by atoms with Gasteiger partial charge in [0, 0.05) is 0 Å². The van der Waals surface area contributed by atoms with Crippen LogP contribution in [0.4, 0.5) is 0 Å². The van der Waals surface area contributed by atoms with Crippen molar-refractivity contribution < 1.29 is 9.47 Å². The maximum Gasteiger partial charge on any atom is 0.106 e. The van der Waals surface area contributed by atoms with Crippen molar-refractivity contribution >= 4 is 0 Å². The number of ether oxygens (including phenoxy) is 2. The van der Waals surface area contributed by atoms with E-state index in [1.165, 1.54) is 86.5 Å². The van der Waals surface area contributed by atoms with Crippen LogP contribution in [0.15, 0.2) is 48.5 Å². The van der Waals surface area contributed by atoms with E-state index in [-0.39, 0.29) is 12.2 Å². The smallest absolute Gasteiger partial charge is 0.106 e. The first kappa shape index (κ1) is 24.5. The summed E-state index contributed by atoms with van der Waals surface area (Å²) in [6.45, 7) is 5.94. The van der Waals surface area contributed by atoms with E-state index >= 15 is 0 Å². The molecule has 0 unspecified atom stereocenters. The lowest BCUT2D eigenvalue weighted by Gasteiger charge is -2.30. The molecule has 2 atom stereocenters. The standard InChI is InChI=1S/C31H44O2/c1-3-5-7-9-30-22-33-31(23-32-30)29-20-18-28(19-21-29)27-16-14-26(15-17-27)25-12-10-24(11-13-25)8-6-4-2/h14-21,24-25,30-31H,3-13,22-23H2,1-2H3/t24-,25-,30-,31-/m0/s1. The van der Waals surface area contributed by atoms with Gasteiger partial charge in [-0.15, -0.1) is 0 Å². The van der Waals surface area contributed by atoms with Crippen LogP contribution < -0.4 is 0 Å². The molecule has 2 aromatic rings. The van der Waals surface area contributed by atoms with E-state index in [1.807, 2.05) is 0 Å². The molecular weight excluding hydrogens is 404 g/mol. The fourth-order valence-electron chi connectivity index (χ4n) is 5.64. The Bertz CT molecular complexity index is 794. The minimum absolute atomic E-state index is 0.0660. The van der Waals surface area contributed by atoms with E-state index in [0.717, 1.165) is 24.9 Å². The maximum absolute atomic E-state index is 6.14. The second-order valence-electron chi connectivity index (χ2n) is 10.4. The molecule has 0 spiro atoms. The van der Waals surface area contributed by atoms with Crippen LogP contribution in [0.3, 0.4) is 0 Å². The van der Waals surface area contributed by atoms with Crippen LogP contribution in [-0.4, -0.2) is 19.3 Å². The summed E-state index contributed by atoms with van der Waals surface area (Å²) in [4.78, 5) is 0. The molecule has 0 radical (unpaired) electrons. The molecule has 0 N–H and O–H groups in total. The van der Waals surface area contributed by atoms with Crippen molar-refractivity contribution in [3.8, 4) is 11.1 Å². The second kappa shape index (κ2) is 12.7. The Labute approximate surface area is 202 Å². The normalized spacial score (nSPS) is 25.8. The number of benzene rings is 2. The molecule has 1 saturated heterocycles. The minimum atomic E-state index is 0.0660. The zero-order valence-corrected chi connectivity index (χ0v) is 20.9. The topological polar surface area (TPSA) is 18.5 Å². The third-order valence-electron chi connectivity index (χ3n) is 7.91. The molecule has 2 nitrogen and oxygen atoms in total. The minimum Gasteiger partial charge on any atom is -0.373 e. The molecule has 1 aliphatic carbocycles. The average molecular weight is 449 g/mol. The van der Waals surface area contributed by atoms with Gasteiger partial charge in [0.15, 0.2) is 0 Å². The Balaban J connectivity index is 1.27. The summed E-state index contributed by atoms with van der Waals surface area (Å²) in [7, 11) is 0. The van der Waals surface area contributed by atoms with Crippen LogP contribution in [0.25, 0.3) is 11.1 Å². The van der Waals surface area contributed by atoms with E-state index in [1.54, 1.807) is 0 Å². The third kappa shape index (κ3) is 6.93. The first-order valence-electron chi connectivity index (χ1n) is 13.7. The number of hydrogen-bond acceptors (Lipinski definition) is 2. The van der Waals surface area contributed by atoms with Crippen molar-refractivity contribution in [2.75, 3.05) is 13.2 Å². The fourth-order valence-corrected chi connectivity index (χ4v) is 5.64. The van der Waals surface area contributed by atoms with Gasteiger partial charge < -0.3 is 9.47 Å². The van der Waals surface area contributed by atoms with Crippen LogP contribution in [0, 0.1) is 5.92 Å². The number of unbranched alkanes of at least 4 members (excludes halogenated alkanes) is 3. The first-order chi connectivity index (χ1) is 16.3. The SMILES string of the molecule is CCCCC[C@H]1CO[C@H](c2ccc(-c3ccc([C@H]4CC[C@H](CCCC)CC4)cc3)cc2)CO1. The molecule has 180 valence electrons. The molecule has 1 aliphatic heterocycles. The van der Waals surface area contributed by atoms with Gasteiger partial charge in [-0.25, -0.2) is 0 Å². The van der Waals surface area contributed by atoms with Gasteiger partial charge in [-0.2, -0.15) is 0 Å². The summed E-state index contributed by atoms with van der Waals surface area (Å²) >= 11 is 0. The Morgan fingerprint density at radius 2 is 1.27 bits per heavy atom. The third-order valence-corrected chi connectivity index (χ3v) is 7.91. The van der Waals surface area contributed by atoms with E-state index in [0.29, 0.717) is 6.61 Å². The summed E-state index contributed by atoms with van der Waals surface area (Å²) in [6.07, 6.45) is 15.0. The Morgan fingerprint density at radius 3 is 1.85 bits per heavy atom. The van der Waals surface area contributed by atoms with E-state index in [4.69, 9.17) is 9.47 Å². The summed E-state index contributed by atoms with van der Waals surface area (Å²) in [6, 6.07) is 18.3. The summed E-state index contributed by atoms with van der Waals surface area (Å²) in [5.41, 5.74) is 5.34. The van der Waals surface area contributed by atoms with Gasteiger partial charge in [0.05, 0.1) is 19.3 Å². The highest BCUT2D eigenvalue weighted by atomic mass is 16.6. The Kier molecular flexibility index (Phi) is 9.44. The van der Waals surface area contributed by atoms with Gasteiger partial charge in [0.25, 0.3) is 0 Å². The molecule has 0 amide bonds. The zero-order valence-electron chi connectivity index (χ0n) is 20.9. The fraction of sp³-hybridized carbons (Fsp3) is 0.613. The van der Waals surface area contributed by atoms with Gasteiger partial charge in [-0.1, -0.05) is 101 Å². The quantitative estimate of drug-likeness (QED) is 0.338. The second-order valence-corrected chi connectivity index (χ2v) is 10.4. The Hall–Kier alpha value is -1.64. The summed E-state index contributed by atoms with van der Waals surface area (Å²) < 4.78 is 12.2. The van der Waals surface area contributed by atoms with Crippen LogP contribution >= 0.6 is 0 Å². The van der Waals surface area contributed by atoms with Crippen molar-refractivity contribution in [3.63, 3.8) is 0 Å². The lowest BCUT2D eigenvalue weighted by Crippen LogP contribution is -2.31. The zero-order chi connectivity index (χ0) is 22.9. The lowest BCUT2D eigenvalue weighted by molar-refractivity contribution is -0.137. The van der Waals surface area contributed by atoms with Crippen molar-refractivity contribution in [3.05, 3.63) is 59.7 Å². The van der Waals surface area contributed by atoms with E-state index < -0.39 is 0 Å². The van der Waals surface area contributed by atoms with Gasteiger partial charge in [-0.05, 0) is 66.2 Å². The number of rotatable bonds is 10. The van der Waals surface area contributed by atoms with Crippen molar-refractivity contribution in [2.24, 2.45) is 5.92 Å². The van der Waals surface area contributed by atoms with Gasteiger partial charge >= 0.3 is 0 Å². The van der Waals surface area contributed by atoms with Crippen molar-refractivity contribution in [1.82, 2.24) is 0 Å². The predicted molar refractivity (Wildman–Crippen MR) is 139 cm³/mol. The van der Waals surface area contributed by atoms with Gasteiger partial charge in [-0.3, -0.25) is 0 Å². The van der Waals surface area contributed by atoms with Crippen LogP contribution in [0.2, 0.25) is 0 Å². The van der Waals surface area contributed by atoms with Gasteiger partial charge in [0.1, 0.15) is 6.10 Å². The highest BCUT2D eigenvalue weighted by Crippen LogP contribution is 2.38. The summed E-state index contributed by atoms with van der Waals surface area (Å²) in [5, 5.41) is 0. The number of hydrogen-bond donors (Lipinski definition) is 0. The average Bonchev–Trinajstić information content (AvgIpc) is 2.89. The molecule has 2 heteroatoms. The highest BCUT2D eigenvalue weighted by molar-refractivity contribution is 5.64. The first-order valence-corrected chi connectivity index (χ1v) is 13.7. The van der Waals surface area contributed by atoms with E-state index in [9.17, 15) is 0 Å². The van der Waals surface area contributed by atoms with Crippen molar-refractivity contribution in [1.29, 1.82) is 0 Å². The maximum atomic E-state index is 6.14. The molecule has 0 aromatic heterocycles. The molecule has 1 saturated carbocycles. The molecule has 33 heavy (non-hydrogen) atoms. The largest absolute Gasteiger partial charge is 0.373 e.